The van der Waals surface area contributed by atoms with E-state index in [1.165, 1.54) is 0 Å². The summed E-state index contributed by atoms with van der Waals surface area (Å²) in [5.41, 5.74) is 0. The van der Waals surface area contributed by atoms with Gasteiger partial charge in [-0.2, -0.15) is 0 Å². The minimum atomic E-state index is -0.559. The lowest BCUT2D eigenvalue weighted by molar-refractivity contribution is 0.0478. The van der Waals surface area contributed by atoms with Crippen LogP contribution in [0.25, 0.3) is 0 Å². The van der Waals surface area contributed by atoms with E-state index in [-0.39, 0.29) is 0 Å². The fraction of sp³-hybridized carbons (Fsp3) is 0.800. The summed E-state index contributed by atoms with van der Waals surface area (Å²) in [6, 6.07) is 0. The monoisotopic (exact) mass is 131 g/mol. The number of hydrogen-bond acceptors (Lipinski definition) is 4. The third kappa shape index (κ3) is 2.32. The second-order valence-electron chi connectivity index (χ2n) is 1.70. The molecule has 1 heterocycles. The summed E-state index contributed by atoms with van der Waals surface area (Å²) in [6.45, 7) is 2.24. The second kappa shape index (κ2) is 3.29. The summed E-state index contributed by atoms with van der Waals surface area (Å²) in [5, 5.41) is 3.01. The van der Waals surface area contributed by atoms with Crippen LogP contribution in [0.1, 0.15) is 0 Å². The molecule has 1 fully saturated rings. The summed E-state index contributed by atoms with van der Waals surface area (Å²) in [5.74, 6) is 0. The molecule has 4 nitrogen and oxygen atoms in total. The van der Waals surface area contributed by atoms with E-state index in [0.29, 0.717) is 13.2 Å². The lowest BCUT2D eigenvalue weighted by atomic mass is 10.6. The molecule has 0 radical (unpaired) electrons. The third-order valence-electron chi connectivity index (χ3n) is 0.998. The van der Waals surface area contributed by atoms with Gasteiger partial charge in [0.2, 0.25) is 0 Å². The largest absolute Gasteiger partial charge is 0.508 e. The van der Waals surface area contributed by atoms with Crippen LogP contribution in [0.3, 0.4) is 0 Å². The molecule has 0 bridgehead atoms. The van der Waals surface area contributed by atoms with E-state index in [2.05, 4.69) is 14.8 Å². The van der Waals surface area contributed by atoms with Gasteiger partial charge in [0.25, 0.3) is 0 Å². The molecule has 0 aromatic heterocycles. The van der Waals surface area contributed by atoms with Crippen LogP contribution in [0, 0.1) is 0 Å². The first-order valence-corrected chi connectivity index (χ1v) is 2.90. The highest BCUT2D eigenvalue weighted by Crippen LogP contribution is 1.86. The lowest BCUT2D eigenvalue weighted by Crippen LogP contribution is -2.29. The standard InChI is InChI=1S/C5H9NO3/c7-5-8-3-1-6-2-4-9-5/h6H,1-4H2. The molecule has 9 heavy (non-hydrogen) atoms. The molecule has 0 aliphatic carbocycles. The first kappa shape index (κ1) is 6.35. The zero-order chi connectivity index (χ0) is 6.53. The van der Waals surface area contributed by atoms with E-state index >= 15 is 0 Å². The van der Waals surface area contributed by atoms with Gasteiger partial charge in [0, 0.05) is 13.1 Å². The molecule has 0 aromatic rings. The maximum Gasteiger partial charge on any atom is 0.508 e. The van der Waals surface area contributed by atoms with Crippen molar-refractivity contribution in [3.63, 3.8) is 0 Å². The van der Waals surface area contributed by atoms with Crippen molar-refractivity contribution in [3.8, 4) is 0 Å². The molecule has 0 atom stereocenters. The van der Waals surface area contributed by atoms with Crippen LogP contribution < -0.4 is 5.32 Å². The lowest BCUT2D eigenvalue weighted by Gasteiger charge is -2.10. The molecule has 0 aromatic carbocycles. The van der Waals surface area contributed by atoms with Gasteiger partial charge in [-0.05, 0) is 0 Å². The van der Waals surface area contributed by atoms with Gasteiger partial charge in [-0.15, -0.1) is 0 Å². The molecule has 4 heteroatoms. The average Bonchev–Trinajstić information content (AvgIpc) is 1.79. The highest BCUT2D eigenvalue weighted by Gasteiger charge is 2.04. The van der Waals surface area contributed by atoms with Crippen molar-refractivity contribution in [2.24, 2.45) is 0 Å². The Morgan fingerprint density at radius 1 is 1.22 bits per heavy atom. The summed E-state index contributed by atoms with van der Waals surface area (Å²) in [6.07, 6.45) is -0.559. The first-order valence-electron chi connectivity index (χ1n) is 2.90. The smallest absolute Gasteiger partial charge is 0.433 e. The zero-order valence-electron chi connectivity index (χ0n) is 5.05. The summed E-state index contributed by atoms with van der Waals surface area (Å²) in [7, 11) is 0. The van der Waals surface area contributed by atoms with Crippen LogP contribution in [-0.2, 0) is 9.47 Å². The molecular weight excluding hydrogens is 122 g/mol. The normalized spacial score (nSPS) is 21.1. The Balaban J connectivity index is 2.20. The molecule has 1 saturated heterocycles. The maximum atomic E-state index is 10.4. The number of cyclic esters (lactones) is 2. The number of carbonyl (C=O) groups excluding carboxylic acids is 1. The van der Waals surface area contributed by atoms with Crippen LogP contribution in [0.2, 0.25) is 0 Å². The number of nitrogens with one attached hydrogen (secondary N) is 1. The number of ether oxygens (including phenoxy) is 2. The fourth-order valence-electron chi connectivity index (χ4n) is 0.580. The van der Waals surface area contributed by atoms with Gasteiger partial charge >= 0.3 is 6.16 Å². The Bertz CT molecular complexity index is 94.4. The van der Waals surface area contributed by atoms with Gasteiger partial charge < -0.3 is 14.8 Å². The molecule has 0 saturated carbocycles. The van der Waals surface area contributed by atoms with Crippen LogP contribution in [-0.4, -0.2) is 32.5 Å². The molecule has 52 valence electrons. The highest BCUT2D eigenvalue weighted by molar-refractivity contribution is 5.59. The van der Waals surface area contributed by atoms with E-state index < -0.39 is 6.16 Å². The molecule has 0 spiro atoms. The van der Waals surface area contributed by atoms with Crippen LogP contribution in [0.15, 0.2) is 0 Å². The van der Waals surface area contributed by atoms with E-state index in [1.807, 2.05) is 0 Å². The molecule has 0 amide bonds. The Hall–Kier alpha value is -0.770. The quantitative estimate of drug-likeness (QED) is 0.460. The Kier molecular flexibility index (Phi) is 2.32. The van der Waals surface area contributed by atoms with Gasteiger partial charge in [-0.25, -0.2) is 4.79 Å². The molecule has 0 unspecified atom stereocenters. The van der Waals surface area contributed by atoms with Crippen molar-refractivity contribution in [1.29, 1.82) is 0 Å². The van der Waals surface area contributed by atoms with Gasteiger partial charge in [0.1, 0.15) is 13.2 Å². The average molecular weight is 131 g/mol. The SMILES string of the molecule is O=C1OCCNCCO1. The van der Waals surface area contributed by atoms with Crippen molar-refractivity contribution >= 4 is 6.16 Å². The van der Waals surface area contributed by atoms with Crippen molar-refractivity contribution in [2.75, 3.05) is 26.3 Å². The second-order valence-corrected chi connectivity index (χ2v) is 1.70. The van der Waals surface area contributed by atoms with Gasteiger partial charge in [0.15, 0.2) is 0 Å². The van der Waals surface area contributed by atoms with Gasteiger partial charge in [0.05, 0.1) is 0 Å². The van der Waals surface area contributed by atoms with Crippen molar-refractivity contribution in [2.45, 2.75) is 0 Å². The van der Waals surface area contributed by atoms with Crippen molar-refractivity contribution in [1.82, 2.24) is 5.32 Å². The number of rotatable bonds is 0. The number of carbonyl (C=O) groups is 1. The molecular formula is C5H9NO3. The Labute approximate surface area is 53.1 Å². The molecule has 1 rings (SSSR count). The van der Waals surface area contributed by atoms with E-state index in [9.17, 15) is 4.79 Å². The van der Waals surface area contributed by atoms with Gasteiger partial charge in [-0.1, -0.05) is 0 Å². The summed E-state index contributed by atoms with van der Waals surface area (Å²) < 4.78 is 9.12. The zero-order valence-corrected chi connectivity index (χ0v) is 5.05. The minimum absolute atomic E-state index is 0.402. The number of hydrogen-bond donors (Lipinski definition) is 1. The topological polar surface area (TPSA) is 47.6 Å². The Morgan fingerprint density at radius 3 is 2.33 bits per heavy atom. The molecule has 1 aliphatic rings. The maximum absolute atomic E-state index is 10.4. The molecule has 1 N–H and O–H groups in total. The molecule has 1 aliphatic heterocycles. The van der Waals surface area contributed by atoms with E-state index in [0.717, 1.165) is 13.1 Å². The van der Waals surface area contributed by atoms with Crippen LogP contribution >= 0.6 is 0 Å². The summed E-state index contributed by atoms with van der Waals surface area (Å²) in [4.78, 5) is 10.4. The third-order valence-corrected chi connectivity index (χ3v) is 0.998. The highest BCUT2D eigenvalue weighted by atomic mass is 16.7. The van der Waals surface area contributed by atoms with Gasteiger partial charge in [-0.3, -0.25) is 0 Å². The summed E-state index contributed by atoms with van der Waals surface area (Å²) >= 11 is 0. The van der Waals surface area contributed by atoms with Crippen molar-refractivity contribution in [3.05, 3.63) is 0 Å². The van der Waals surface area contributed by atoms with Crippen molar-refractivity contribution < 1.29 is 14.3 Å². The Morgan fingerprint density at radius 2 is 1.78 bits per heavy atom. The fourth-order valence-corrected chi connectivity index (χ4v) is 0.580. The predicted molar refractivity (Wildman–Crippen MR) is 30.2 cm³/mol. The van der Waals surface area contributed by atoms with E-state index in [4.69, 9.17) is 0 Å². The predicted octanol–water partition coefficient (Wildman–Crippen LogP) is -0.257. The van der Waals surface area contributed by atoms with Crippen LogP contribution in [0.5, 0.6) is 0 Å². The minimum Gasteiger partial charge on any atom is -0.433 e. The van der Waals surface area contributed by atoms with E-state index in [1.54, 1.807) is 0 Å². The van der Waals surface area contributed by atoms with Crippen LogP contribution in [0.4, 0.5) is 4.79 Å². The first-order chi connectivity index (χ1) is 4.39.